The van der Waals surface area contributed by atoms with E-state index in [-0.39, 0.29) is 4.90 Å². The summed E-state index contributed by atoms with van der Waals surface area (Å²) in [6.45, 7) is 1.68. The number of sulfonamides is 1. The number of anilines is 1. The fourth-order valence-electron chi connectivity index (χ4n) is 1.80. The number of rotatable bonds is 4. The molecular formula is C14H13F2NO3S. The molecule has 21 heavy (non-hydrogen) atoms. The van der Waals surface area contributed by atoms with Crippen LogP contribution in [0, 0.1) is 18.6 Å². The number of benzene rings is 2. The van der Waals surface area contributed by atoms with Crippen LogP contribution in [0.1, 0.15) is 5.56 Å². The average Bonchev–Trinajstić information content (AvgIpc) is 2.42. The third-order valence-electron chi connectivity index (χ3n) is 2.85. The van der Waals surface area contributed by atoms with E-state index in [1.54, 1.807) is 6.92 Å². The molecule has 0 amide bonds. The molecule has 0 saturated heterocycles. The van der Waals surface area contributed by atoms with Gasteiger partial charge in [-0.2, -0.15) is 0 Å². The number of nitrogens with one attached hydrogen (secondary N) is 1. The van der Waals surface area contributed by atoms with Crippen LogP contribution in [0.25, 0.3) is 0 Å². The number of halogens is 2. The number of ether oxygens (including phenoxy) is 1. The first-order valence-corrected chi connectivity index (χ1v) is 7.44. The van der Waals surface area contributed by atoms with Crippen LogP contribution < -0.4 is 9.46 Å². The predicted octanol–water partition coefficient (Wildman–Crippen LogP) is 3.08. The summed E-state index contributed by atoms with van der Waals surface area (Å²) in [4.78, 5) is -0.0653. The lowest BCUT2D eigenvalue weighted by Gasteiger charge is -2.11. The molecule has 0 aliphatic rings. The lowest BCUT2D eigenvalue weighted by atomic mass is 10.2. The molecule has 0 unspecified atom stereocenters. The van der Waals surface area contributed by atoms with Crippen molar-refractivity contribution in [2.24, 2.45) is 0 Å². The van der Waals surface area contributed by atoms with Gasteiger partial charge in [-0.05, 0) is 42.8 Å². The molecule has 2 aromatic carbocycles. The van der Waals surface area contributed by atoms with Crippen molar-refractivity contribution in [3.63, 3.8) is 0 Å². The highest BCUT2D eigenvalue weighted by atomic mass is 32.2. The van der Waals surface area contributed by atoms with Crippen LogP contribution >= 0.6 is 0 Å². The molecular weight excluding hydrogens is 300 g/mol. The van der Waals surface area contributed by atoms with Crippen molar-refractivity contribution < 1.29 is 21.9 Å². The Morgan fingerprint density at radius 3 is 2.43 bits per heavy atom. The van der Waals surface area contributed by atoms with E-state index in [2.05, 4.69) is 0 Å². The SMILES string of the molecule is COc1ccc(S(=O)(=O)Nc2cc(F)ccc2F)cc1C. The summed E-state index contributed by atoms with van der Waals surface area (Å²) in [6.07, 6.45) is 0. The number of aryl methyl sites for hydroxylation is 1. The molecule has 0 aliphatic heterocycles. The highest BCUT2D eigenvalue weighted by Gasteiger charge is 2.18. The quantitative estimate of drug-likeness (QED) is 0.944. The van der Waals surface area contributed by atoms with Crippen LogP contribution in [0.3, 0.4) is 0 Å². The molecule has 0 radical (unpaired) electrons. The van der Waals surface area contributed by atoms with Gasteiger partial charge in [0.15, 0.2) is 0 Å². The zero-order valence-electron chi connectivity index (χ0n) is 11.4. The summed E-state index contributed by atoms with van der Waals surface area (Å²) in [7, 11) is -2.54. The van der Waals surface area contributed by atoms with Gasteiger partial charge in [0.1, 0.15) is 17.4 Å². The minimum atomic E-state index is -4.01. The van der Waals surface area contributed by atoms with Crippen LogP contribution in [-0.4, -0.2) is 15.5 Å². The minimum absolute atomic E-state index is 0.0653. The second kappa shape index (κ2) is 5.69. The van der Waals surface area contributed by atoms with Crippen molar-refractivity contribution in [2.75, 3.05) is 11.8 Å². The Morgan fingerprint density at radius 2 is 1.81 bits per heavy atom. The fraction of sp³-hybridized carbons (Fsp3) is 0.143. The van der Waals surface area contributed by atoms with Crippen LogP contribution in [0.15, 0.2) is 41.3 Å². The summed E-state index contributed by atoms with van der Waals surface area (Å²) < 4.78 is 58.0. The Morgan fingerprint density at radius 1 is 1.10 bits per heavy atom. The Balaban J connectivity index is 2.38. The van der Waals surface area contributed by atoms with E-state index in [9.17, 15) is 17.2 Å². The van der Waals surface area contributed by atoms with Crippen molar-refractivity contribution in [3.8, 4) is 5.75 Å². The molecule has 0 saturated carbocycles. The molecule has 7 heteroatoms. The topological polar surface area (TPSA) is 55.4 Å². The van der Waals surface area contributed by atoms with Crippen molar-refractivity contribution in [1.82, 2.24) is 0 Å². The van der Waals surface area contributed by atoms with Gasteiger partial charge in [-0.3, -0.25) is 4.72 Å². The first-order chi connectivity index (χ1) is 9.83. The Kier molecular flexibility index (Phi) is 4.13. The van der Waals surface area contributed by atoms with Crippen molar-refractivity contribution in [2.45, 2.75) is 11.8 Å². The van der Waals surface area contributed by atoms with E-state index in [1.165, 1.54) is 25.3 Å². The highest BCUT2D eigenvalue weighted by molar-refractivity contribution is 7.92. The van der Waals surface area contributed by atoms with Crippen molar-refractivity contribution >= 4 is 15.7 Å². The van der Waals surface area contributed by atoms with E-state index in [1.807, 2.05) is 4.72 Å². The molecule has 0 heterocycles. The molecule has 0 aliphatic carbocycles. The van der Waals surface area contributed by atoms with Crippen LogP contribution in [0.4, 0.5) is 14.5 Å². The van der Waals surface area contributed by atoms with Gasteiger partial charge in [-0.25, -0.2) is 17.2 Å². The smallest absolute Gasteiger partial charge is 0.262 e. The molecule has 4 nitrogen and oxygen atoms in total. The summed E-state index contributed by atoms with van der Waals surface area (Å²) >= 11 is 0. The molecule has 0 bridgehead atoms. The van der Waals surface area contributed by atoms with Gasteiger partial charge < -0.3 is 4.74 Å². The highest BCUT2D eigenvalue weighted by Crippen LogP contribution is 2.24. The third-order valence-corrected chi connectivity index (χ3v) is 4.21. The van der Waals surface area contributed by atoms with E-state index in [0.29, 0.717) is 11.3 Å². The number of hydrogen-bond donors (Lipinski definition) is 1. The van der Waals surface area contributed by atoms with Gasteiger partial charge in [0.2, 0.25) is 0 Å². The molecule has 1 N–H and O–H groups in total. The first kappa shape index (κ1) is 15.2. The van der Waals surface area contributed by atoms with E-state index >= 15 is 0 Å². The third kappa shape index (κ3) is 3.30. The first-order valence-electron chi connectivity index (χ1n) is 5.96. The molecule has 112 valence electrons. The van der Waals surface area contributed by atoms with Crippen LogP contribution in [0.2, 0.25) is 0 Å². The molecule has 0 aromatic heterocycles. The minimum Gasteiger partial charge on any atom is -0.496 e. The number of hydrogen-bond acceptors (Lipinski definition) is 3. The Bertz CT molecular complexity index is 776. The van der Waals surface area contributed by atoms with Gasteiger partial charge in [0.05, 0.1) is 17.7 Å². The van der Waals surface area contributed by atoms with Crippen molar-refractivity contribution in [3.05, 3.63) is 53.6 Å². The average molecular weight is 313 g/mol. The number of methoxy groups -OCH3 is 1. The van der Waals surface area contributed by atoms with Gasteiger partial charge in [-0.1, -0.05) is 0 Å². The fourth-order valence-corrected chi connectivity index (χ4v) is 2.94. The standard InChI is InChI=1S/C14H13F2NO3S/c1-9-7-11(4-6-14(9)20-2)21(18,19)17-13-8-10(15)3-5-12(13)16/h3-8,17H,1-2H3. The van der Waals surface area contributed by atoms with Crippen LogP contribution in [-0.2, 0) is 10.0 Å². The molecule has 2 aromatic rings. The predicted molar refractivity (Wildman–Crippen MR) is 74.9 cm³/mol. The van der Waals surface area contributed by atoms with E-state index in [4.69, 9.17) is 4.74 Å². The summed E-state index contributed by atoms with van der Waals surface area (Å²) in [5.41, 5.74) is 0.170. The zero-order valence-corrected chi connectivity index (χ0v) is 12.2. The second-order valence-corrected chi connectivity index (χ2v) is 6.04. The van der Waals surface area contributed by atoms with Gasteiger partial charge >= 0.3 is 0 Å². The van der Waals surface area contributed by atoms with Crippen molar-refractivity contribution in [1.29, 1.82) is 0 Å². The largest absolute Gasteiger partial charge is 0.496 e. The Labute approximate surface area is 121 Å². The summed E-state index contributed by atoms with van der Waals surface area (Å²) in [5.74, 6) is -1.06. The molecule has 2 rings (SSSR count). The summed E-state index contributed by atoms with van der Waals surface area (Å²) in [5, 5.41) is 0. The Hall–Kier alpha value is -2.15. The van der Waals surface area contributed by atoms with Gasteiger partial charge in [-0.15, -0.1) is 0 Å². The normalized spacial score (nSPS) is 11.2. The van der Waals surface area contributed by atoms with Gasteiger partial charge in [0.25, 0.3) is 10.0 Å². The lowest BCUT2D eigenvalue weighted by molar-refractivity contribution is 0.411. The maximum Gasteiger partial charge on any atom is 0.262 e. The second-order valence-electron chi connectivity index (χ2n) is 4.36. The van der Waals surface area contributed by atoms with E-state index in [0.717, 1.165) is 18.2 Å². The maximum atomic E-state index is 13.5. The monoisotopic (exact) mass is 313 g/mol. The molecule has 0 spiro atoms. The van der Waals surface area contributed by atoms with Gasteiger partial charge in [0, 0.05) is 6.07 Å². The van der Waals surface area contributed by atoms with Crippen LogP contribution in [0.5, 0.6) is 5.75 Å². The maximum absolute atomic E-state index is 13.5. The summed E-state index contributed by atoms with van der Waals surface area (Å²) in [6, 6.07) is 6.75. The molecule has 0 atom stereocenters. The van der Waals surface area contributed by atoms with E-state index < -0.39 is 27.3 Å². The zero-order chi connectivity index (χ0) is 15.6. The molecule has 0 fully saturated rings. The lowest BCUT2D eigenvalue weighted by Crippen LogP contribution is -2.14.